The van der Waals surface area contributed by atoms with E-state index in [1.165, 1.54) is 11.1 Å². The van der Waals surface area contributed by atoms with Gasteiger partial charge in [0.05, 0.1) is 13.2 Å². The Labute approximate surface area is 119 Å². The summed E-state index contributed by atoms with van der Waals surface area (Å²) in [6, 6.07) is 4.36. The smallest absolute Gasteiger partial charge is 0.160 e. The van der Waals surface area contributed by atoms with Gasteiger partial charge in [-0.15, -0.1) is 0 Å². The molecule has 4 nitrogen and oxygen atoms in total. The third-order valence-electron chi connectivity index (χ3n) is 5.66. The molecule has 1 aliphatic carbocycles. The van der Waals surface area contributed by atoms with Gasteiger partial charge in [-0.2, -0.15) is 0 Å². The molecular formula is C16H21NO3. The van der Waals surface area contributed by atoms with Gasteiger partial charge in [0.1, 0.15) is 0 Å². The Morgan fingerprint density at radius 3 is 3.00 bits per heavy atom. The second-order valence-corrected chi connectivity index (χ2v) is 6.50. The van der Waals surface area contributed by atoms with Gasteiger partial charge in [-0.05, 0) is 55.5 Å². The van der Waals surface area contributed by atoms with Crippen molar-refractivity contribution < 1.29 is 14.9 Å². The number of nitrogens with zero attached hydrogens (tertiary/aromatic N) is 1. The third-order valence-corrected chi connectivity index (χ3v) is 5.66. The molecule has 2 aliphatic heterocycles. The van der Waals surface area contributed by atoms with Crippen LogP contribution in [0.4, 0.5) is 0 Å². The van der Waals surface area contributed by atoms with Crippen molar-refractivity contribution in [3.05, 3.63) is 23.3 Å². The van der Waals surface area contributed by atoms with Gasteiger partial charge in [0.25, 0.3) is 0 Å². The maximum Gasteiger partial charge on any atom is 0.160 e. The minimum atomic E-state index is -0.158. The van der Waals surface area contributed by atoms with E-state index in [1.807, 2.05) is 12.1 Å². The van der Waals surface area contributed by atoms with Crippen molar-refractivity contribution in [3.63, 3.8) is 0 Å². The summed E-state index contributed by atoms with van der Waals surface area (Å²) in [5, 5.41) is 20.0. The maximum atomic E-state index is 10.0. The Kier molecular flexibility index (Phi) is 2.57. The van der Waals surface area contributed by atoms with Crippen LogP contribution >= 0.6 is 0 Å². The number of methoxy groups -OCH3 is 1. The zero-order chi connectivity index (χ0) is 13.9. The molecule has 4 atom stereocenters. The molecule has 20 heavy (non-hydrogen) atoms. The van der Waals surface area contributed by atoms with Crippen LogP contribution in [0.15, 0.2) is 12.1 Å². The largest absolute Gasteiger partial charge is 0.504 e. The predicted octanol–water partition coefficient (Wildman–Crippen LogP) is 1.77. The third kappa shape index (κ3) is 1.49. The number of hydrogen-bond acceptors (Lipinski definition) is 4. The molecule has 1 saturated carbocycles. The summed E-state index contributed by atoms with van der Waals surface area (Å²) in [6.07, 6.45) is 3.80. The first kappa shape index (κ1) is 12.5. The van der Waals surface area contributed by atoms with E-state index < -0.39 is 0 Å². The average Bonchev–Trinajstić information content (AvgIpc) is 2.71. The fourth-order valence-electron chi connectivity index (χ4n) is 4.71. The first-order chi connectivity index (χ1) is 9.64. The van der Waals surface area contributed by atoms with Crippen molar-refractivity contribution in [1.82, 2.24) is 4.90 Å². The zero-order valence-corrected chi connectivity index (χ0v) is 11.8. The van der Waals surface area contributed by atoms with E-state index in [9.17, 15) is 10.2 Å². The number of fused-ring (bicyclic) bond motifs is 1. The van der Waals surface area contributed by atoms with Gasteiger partial charge in [-0.1, -0.05) is 0 Å². The van der Waals surface area contributed by atoms with Crippen molar-refractivity contribution in [2.24, 2.45) is 0 Å². The van der Waals surface area contributed by atoms with E-state index in [0.29, 0.717) is 11.8 Å². The van der Waals surface area contributed by atoms with E-state index in [4.69, 9.17) is 4.74 Å². The van der Waals surface area contributed by atoms with Crippen LogP contribution in [-0.2, 0) is 12.0 Å². The molecule has 1 aromatic carbocycles. The fourth-order valence-corrected chi connectivity index (χ4v) is 4.71. The molecule has 0 aromatic heterocycles. The Bertz CT molecular complexity index is 559. The van der Waals surface area contributed by atoms with Crippen LogP contribution in [0.2, 0.25) is 0 Å². The van der Waals surface area contributed by atoms with E-state index in [0.717, 1.165) is 38.8 Å². The quantitative estimate of drug-likeness (QED) is 0.820. The maximum absolute atomic E-state index is 10.0. The van der Waals surface area contributed by atoms with Crippen molar-refractivity contribution in [3.8, 4) is 11.5 Å². The molecule has 0 spiro atoms. The Morgan fingerprint density at radius 1 is 1.35 bits per heavy atom. The van der Waals surface area contributed by atoms with Crippen molar-refractivity contribution in [2.45, 2.75) is 49.8 Å². The predicted molar refractivity (Wildman–Crippen MR) is 75.0 cm³/mol. The van der Waals surface area contributed by atoms with Crippen LogP contribution in [0, 0.1) is 0 Å². The Morgan fingerprint density at radius 2 is 2.20 bits per heavy atom. The molecule has 3 aliphatic rings. The van der Waals surface area contributed by atoms with Crippen molar-refractivity contribution >= 4 is 0 Å². The number of hydrogen-bond donors (Lipinski definition) is 2. The molecule has 2 bridgehead atoms. The molecular weight excluding hydrogens is 254 g/mol. The topological polar surface area (TPSA) is 52.9 Å². The molecule has 2 N–H and O–H groups in total. The number of aliphatic hydroxyl groups is 1. The summed E-state index contributed by atoms with van der Waals surface area (Å²) in [7, 11) is 1.60. The van der Waals surface area contributed by atoms with Crippen molar-refractivity contribution in [2.75, 3.05) is 13.7 Å². The highest BCUT2D eigenvalue weighted by Crippen LogP contribution is 2.54. The van der Waals surface area contributed by atoms with E-state index in [2.05, 4.69) is 4.90 Å². The van der Waals surface area contributed by atoms with Gasteiger partial charge in [0.15, 0.2) is 11.5 Å². The molecule has 1 unspecified atom stereocenters. The summed E-state index contributed by atoms with van der Waals surface area (Å²) in [5.41, 5.74) is 2.74. The normalized spacial score (nSPS) is 38.2. The highest BCUT2D eigenvalue weighted by atomic mass is 16.5. The molecule has 108 valence electrons. The van der Waals surface area contributed by atoms with Crippen LogP contribution in [0.3, 0.4) is 0 Å². The van der Waals surface area contributed by atoms with E-state index in [1.54, 1.807) is 7.11 Å². The molecule has 1 aromatic rings. The first-order valence-corrected chi connectivity index (χ1v) is 7.46. The van der Waals surface area contributed by atoms with Crippen LogP contribution in [0.5, 0.6) is 11.5 Å². The standard InChI is InChI=1S/C16H21NO3/c1-20-14-8-12-10(6-13(14)19)9-17-5-4-16(12)3-2-11(18)7-15(16)17/h6,8,11,15,18-19H,2-5,7,9H2,1H3/t11-,15+,16+/m0/s1. The van der Waals surface area contributed by atoms with Crippen LogP contribution in [0.25, 0.3) is 0 Å². The second kappa shape index (κ2) is 4.12. The molecule has 0 radical (unpaired) electrons. The average molecular weight is 275 g/mol. The van der Waals surface area contributed by atoms with Gasteiger partial charge < -0.3 is 14.9 Å². The van der Waals surface area contributed by atoms with Gasteiger partial charge in [0, 0.05) is 18.0 Å². The van der Waals surface area contributed by atoms with Gasteiger partial charge in [0.2, 0.25) is 0 Å². The number of aromatic hydroxyl groups is 1. The SMILES string of the molecule is COc1cc2c(cc1O)CN1CC[C@]23CC[C@H](O)C[C@@H]13. The lowest BCUT2D eigenvalue weighted by Crippen LogP contribution is -2.51. The Balaban J connectivity index is 1.87. The van der Waals surface area contributed by atoms with Crippen LogP contribution in [-0.4, -0.2) is 40.9 Å². The number of aliphatic hydroxyl groups excluding tert-OH is 1. The van der Waals surface area contributed by atoms with Gasteiger partial charge in [-0.3, -0.25) is 4.90 Å². The number of benzene rings is 1. The molecule has 2 fully saturated rings. The van der Waals surface area contributed by atoms with Crippen LogP contribution < -0.4 is 4.74 Å². The number of phenolic OH excluding ortho intramolecular Hbond substituents is 1. The zero-order valence-electron chi connectivity index (χ0n) is 11.8. The second-order valence-electron chi connectivity index (χ2n) is 6.50. The van der Waals surface area contributed by atoms with E-state index >= 15 is 0 Å². The van der Waals surface area contributed by atoms with Crippen LogP contribution in [0.1, 0.15) is 36.8 Å². The molecule has 4 rings (SSSR count). The summed E-state index contributed by atoms with van der Waals surface area (Å²) >= 11 is 0. The van der Waals surface area contributed by atoms with E-state index in [-0.39, 0.29) is 17.3 Å². The number of phenols is 1. The lowest BCUT2D eigenvalue weighted by molar-refractivity contribution is 0.0383. The highest BCUT2D eigenvalue weighted by Gasteiger charge is 2.54. The molecule has 1 saturated heterocycles. The minimum absolute atomic E-state index is 0.158. The fraction of sp³-hybridized carbons (Fsp3) is 0.625. The van der Waals surface area contributed by atoms with Crippen molar-refractivity contribution in [1.29, 1.82) is 0 Å². The number of ether oxygens (including phenoxy) is 1. The molecule has 2 heterocycles. The van der Waals surface area contributed by atoms with Gasteiger partial charge >= 0.3 is 0 Å². The monoisotopic (exact) mass is 275 g/mol. The minimum Gasteiger partial charge on any atom is -0.504 e. The lowest BCUT2D eigenvalue weighted by Gasteiger charge is -2.48. The first-order valence-electron chi connectivity index (χ1n) is 7.46. The summed E-state index contributed by atoms with van der Waals surface area (Å²) in [6.45, 7) is 1.97. The highest BCUT2D eigenvalue weighted by molar-refractivity contribution is 5.52. The van der Waals surface area contributed by atoms with Gasteiger partial charge in [-0.25, -0.2) is 0 Å². The Hall–Kier alpha value is -1.26. The summed E-state index contributed by atoms with van der Waals surface area (Å²) in [4.78, 5) is 2.48. The molecule has 0 amide bonds. The summed E-state index contributed by atoms with van der Waals surface area (Å²) in [5.74, 6) is 0.806. The lowest BCUT2D eigenvalue weighted by atomic mass is 9.63. The summed E-state index contributed by atoms with van der Waals surface area (Å²) < 4.78 is 5.30. The number of rotatable bonds is 1. The molecule has 4 heteroatoms.